The number of nitrogens with one attached hydrogen (secondary N) is 1. The minimum absolute atomic E-state index is 0.0448. The molecule has 1 aromatic heterocycles. The van der Waals surface area contributed by atoms with E-state index in [1.807, 2.05) is 48.7 Å². The number of benzene rings is 1. The monoisotopic (exact) mass is 331 g/mol. The van der Waals surface area contributed by atoms with Crippen molar-refractivity contribution >= 4 is 17.2 Å². The molecular weight excluding hydrogens is 306 g/mol. The van der Waals surface area contributed by atoms with Gasteiger partial charge in [0.25, 0.3) is 0 Å². The van der Waals surface area contributed by atoms with Crippen LogP contribution < -0.4 is 5.32 Å². The Morgan fingerprint density at radius 1 is 1.17 bits per heavy atom. The third-order valence-electron chi connectivity index (χ3n) is 3.95. The van der Waals surface area contributed by atoms with Gasteiger partial charge in [-0.25, -0.2) is 0 Å². The van der Waals surface area contributed by atoms with E-state index in [1.54, 1.807) is 18.3 Å². The van der Waals surface area contributed by atoms with Crippen molar-refractivity contribution in [2.45, 2.75) is 38.7 Å². The van der Waals surface area contributed by atoms with Crippen molar-refractivity contribution in [3.05, 3.63) is 58.3 Å². The molecule has 3 atom stereocenters. The Morgan fingerprint density at radius 2 is 1.91 bits per heavy atom. The maximum absolute atomic E-state index is 12.3. The number of carbonyl (C=O) groups excluding carboxylic acids is 1. The second kappa shape index (κ2) is 8.85. The van der Waals surface area contributed by atoms with Crippen molar-refractivity contribution in [3.8, 4) is 0 Å². The summed E-state index contributed by atoms with van der Waals surface area (Å²) >= 11 is 1.69. The van der Waals surface area contributed by atoms with Crippen LogP contribution in [-0.2, 0) is 11.2 Å². The Labute approximate surface area is 142 Å². The number of aliphatic hydroxyl groups excluding tert-OH is 1. The van der Waals surface area contributed by atoms with Crippen LogP contribution in [0.2, 0.25) is 0 Å². The van der Waals surface area contributed by atoms with Crippen LogP contribution in [0.1, 0.15) is 36.6 Å². The minimum atomic E-state index is -0.388. The Hall–Kier alpha value is -1.65. The van der Waals surface area contributed by atoms with Gasteiger partial charge in [-0.2, -0.15) is 0 Å². The molecule has 2 aromatic rings. The molecule has 23 heavy (non-hydrogen) atoms. The highest BCUT2D eigenvalue weighted by Crippen LogP contribution is 2.21. The quantitative estimate of drug-likeness (QED) is 0.776. The summed E-state index contributed by atoms with van der Waals surface area (Å²) < 4.78 is 0. The zero-order valence-electron chi connectivity index (χ0n) is 13.7. The highest BCUT2D eigenvalue weighted by molar-refractivity contribution is 7.09. The summed E-state index contributed by atoms with van der Waals surface area (Å²) in [7, 11) is 0. The lowest BCUT2D eigenvalue weighted by molar-refractivity contribution is -0.124. The zero-order chi connectivity index (χ0) is 16.7. The van der Waals surface area contributed by atoms with E-state index >= 15 is 0 Å². The Balaban J connectivity index is 1.91. The van der Waals surface area contributed by atoms with Gasteiger partial charge in [-0.1, -0.05) is 43.3 Å². The maximum atomic E-state index is 12.3. The van der Waals surface area contributed by atoms with E-state index in [4.69, 9.17) is 0 Å². The van der Waals surface area contributed by atoms with E-state index in [2.05, 4.69) is 11.4 Å². The molecule has 1 aromatic carbocycles. The smallest absolute Gasteiger partial charge is 0.223 e. The van der Waals surface area contributed by atoms with Crippen LogP contribution in [0.25, 0.3) is 0 Å². The largest absolute Gasteiger partial charge is 0.393 e. The first-order valence-electron chi connectivity index (χ1n) is 8.09. The highest BCUT2D eigenvalue weighted by atomic mass is 32.1. The SMILES string of the molecule is CC(O)CC(CNC(=O)C(C)Cc1cccs1)c1ccccc1. The van der Waals surface area contributed by atoms with Crippen molar-refractivity contribution in [3.63, 3.8) is 0 Å². The lowest BCUT2D eigenvalue weighted by atomic mass is 9.93. The molecule has 1 heterocycles. The van der Waals surface area contributed by atoms with Crippen molar-refractivity contribution in [2.75, 3.05) is 6.54 Å². The van der Waals surface area contributed by atoms with E-state index in [0.29, 0.717) is 13.0 Å². The number of amides is 1. The molecule has 0 aliphatic heterocycles. The summed E-state index contributed by atoms with van der Waals surface area (Å²) in [4.78, 5) is 13.6. The number of hydrogen-bond acceptors (Lipinski definition) is 3. The summed E-state index contributed by atoms with van der Waals surface area (Å²) in [5.41, 5.74) is 1.15. The summed E-state index contributed by atoms with van der Waals surface area (Å²) in [6.45, 7) is 4.31. The standard InChI is InChI=1S/C19H25NO2S/c1-14(11-18-9-6-10-23-18)19(22)20-13-17(12-15(2)21)16-7-4-3-5-8-16/h3-10,14-15,17,21H,11-13H2,1-2H3,(H,20,22). The van der Waals surface area contributed by atoms with Crippen LogP contribution in [0.15, 0.2) is 47.8 Å². The van der Waals surface area contributed by atoms with Crippen molar-refractivity contribution in [1.82, 2.24) is 5.32 Å². The Kier molecular flexibility index (Phi) is 6.81. The minimum Gasteiger partial charge on any atom is -0.393 e. The molecule has 124 valence electrons. The van der Waals surface area contributed by atoms with Gasteiger partial charge in [-0.05, 0) is 36.8 Å². The summed E-state index contributed by atoms with van der Waals surface area (Å²) in [5.74, 6) is 0.163. The Bertz CT molecular complexity index is 581. The summed E-state index contributed by atoms with van der Waals surface area (Å²) in [6.07, 6.45) is 1.03. The molecule has 0 aliphatic carbocycles. The van der Waals surface area contributed by atoms with Crippen LogP contribution in [-0.4, -0.2) is 23.7 Å². The van der Waals surface area contributed by atoms with Gasteiger partial charge in [0, 0.05) is 23.3 Å². The molecule has 0 saturated carbocycles. The molecule has 4 heteroatoms. The fourth-order valence-corrected chi connectivity index (χ4v) is 3.53. The van der Waals surface area contributed by atoms with Gasteiger partial charge in [0.1, 0.15) is 0 Å². The van der Waals surface area contributed by atoms with Gasteiger partial charge in [0.2, 0.25) is 5.91 Å². The lowest BCUT2D eigenvalue weighted by Crippen LogP contribution is -2.34. The van der Waals surface area contributed by atoms with Gasteiger partial charge >= 0.3 is 0 Å². The first-order chi connectivity index (χ1) is 11.1. The second-order valence-corrected chi connectivity index (χ2v) is 7.15. The first-order valence-corrected chi connectivity index (χ1v) is 8.97. The molecule has 0 spiro atoms. The van der Waals surface area contributed by atoms with Crippen molar-refractivity contribution in [2.24, 2.45) is 5.92 Å². The molecule has 0 radical (unpaired) electrons. The molecule has 3 unspecified atom stereocenters. The summed E-state index contributed by atoms with van der Waals surface area (Å²) in [5, 5.41) is 14.8. The number of rotatable bonds is 8. The third-order valence-corrected chi connectivity index (χ3v) is 4.85. The van der Waals surface area contributed by atoms with E-state index in [1.165, 1.54) is 4.88 Å². The third kappa shape index (κ3) is 5.81. The van der Waals surface area contributed by atoms with E-state index in [0.717, 1.165) is 12.0 Å². The van der Waals surface area contributed by atoms with Crippen molar-refractivity contribution in [1.29, 1.82) is 0 Å². The zero-order valence-corrected chi connectivity index (χ0v) is 14.6. The maximum Gasteiger partial charge on any atom is 0.223 e. The van der Waals surface area contributed by atoms with Crippen LogP contribution in [0.5, 0.6) is 0 Å². The van der Waals surface area contributed by atoms with Crippen LogP contribution in [0.4, 0.5) is 0 Å². The van der Waals surface area contributed by atoms with E-state index in [-0.39, 0.29) is 23.8 Å². The topological polar surface area (TPSA) is 49.3 Å². The van der Waals surface area contributed by atoms with Crippen molar-refractivity contribution < 1.29 is 9.90 Å². The molecule has 0 bridgehead atoms. The van der Waals surface area contributed by atoms with Gasteiger partial charge in [-0.15, -0.1) is 11.3 Å². The molecule has 1 amide bonds. The molecule has 2 N–H and O–H groups in total. The number of hydrogen-bond donors (Lipinski definition) is 2. The molecular formula is C19H25NO2S. The number of carbonyl (C=O) groups is 1. The van der Waals surface area contributed by atoms with Crippen LogP contribution in [0, 0.1) is 5.92 Å². The van der Waals surface area contributed by atoms with Crippen LogP contribution in [0.3, 0.4) is 0 Å². The molecule has 2 rings (SSSR count). The number of aliphatic hydroxyl groups is 1. The molecule has 3 nitrogen and oxygen atoms in total. The van der Waals surface area contributed by atoms with Gasteiger partial charge in [0.05, 0.1) is 6.10 Å². The Morgan fingerprint density at radius 3 is 2.52 bits per heavy atom. The summed E-state index contributed by atoms with van der Waals surface area (Å²) in [6, 6.07) is 14.1. The predicted molar refractivity (Wildman–Crippen MR) is 95.7 cm³/mol. The molecule has 0 saturated heterocycles. The average Bonchev–Trinajstić information content (AvgIpc) is 3.04. The normalized spacial score (nSPS) is 14.9. The van der Waals surface area contributed by atoms with Gasteiger partial charge < -0.3 is 10.4 Å². The first kappa shape index (κ1) is 17.7. The van der Waals surface area contributed by atoms with Gasteiger partial charge in [-0.3, -0.25) is 4.79 Å². The van der Waals surface area contributed by atoms with E-state index < -0.39 is 0 Å². The fraction of sp³-hybridized carbons (Fsp3) is 0.421. The number of thiophene rings is 1. The van der Waals surface area contributed by atoms with Crippen LogP contribution >= 0.6 is 11.3 Å². The lowest BCUT2D eigenvalue weighted by Gasteiger charge is -2.21. The predicted octanol–water partition coefficient (Wildman–Crippen LogP) is 3.60. The second-order valence-electron chi connectivity index (χ2n) is 6.12. The fourth-order valence-electron chi connectivity index (χ4n) is 2.70. The molecule has 0 fully saturated rings. The van der Waals surface area contributed by atoms with Gasteiger partial charge in [0.15, 0.2) is 0 Å². The average molecular weight is 331 g/mol. The van der Waals surface area contributed by atoms with E-state index in [9.17, 15) is 9.90 Å². The highest BCUT2D eigenvalue weighted by Gasteiger charge is 2.18. The molecule has 0 aliphatic rings.